The maximum atomic E-state index is 14.0. The minimum atomic E-state index is -1.12. The lowest BCUT2D eigenvalue weighted by Gasteiger charge is -2.14. The average molecular weight is 351 g/mol. The average Bonchev–Trinajstić information content (AvgIpc) is 2.76. The van der Waals surface area contributed by atoms with Gasteiger partial charge in [0.1, 0.15) is 11.9 Å². The highest BCUT2D eigenvalue weighted by Crippen LogP contribution is 2.32. The molecule has 108 valence electrons. The fourth-order valence-corrected chi connectivity index (χ4v) is 2.86. The number of imidazole rings is 1. The Kier molecular flexibility index (Phi) is 3.43. The van der Waals surface area contributed by atoms with Crippen LogP contribution in [0.4, 0.5) is 4.39 Å². The zero-order chi connectivity index (χ0) is 15.1. The van der Waals surface area contributed by atoms with Gasteiger partial charge in [-0.25, -0.2) is 9.18 Å². The van der Waals surface area contributed by atoms with E-state index in [1.807, 2.05) is 0 Å². The smallest absolute Gasteiger partial charge is 0.323 e. The molecule has 1 aromatic heterocycles. The van der Waals surface area contributed by atoms with Crippen LogP contribution >= 0.6 is 15.9 Å². The largest absolute Gasteiger partial charge is 0.384 e. The Hall–Kier alpha value is -1.92. The summed E-state index contributed by atoms with van der Waals surface area (Å²) in [5.74, 6) is -0.461. The molecule has 0 saturated carbocycles. The highest BCUT2D eigenvalue weighted by Gasteiger charge is 2.19. The van der Waals surface area contributed by atoms with Gasteiger partial charge < -0.3 is 15.1 Å². The Morgan fingerprint density at radius 1 is 1.14 bits per heavy atom. The number of benzene rings is 2. The van der Waals surface area contributed by atoms with E-state index in [-0.39, 0.29) is 11.3 Å². The van der Waals surface area contributed by atoms with E-state index in [9.17, 15) is 14.3 Å². The Morgan fingerprint density at radius 2 is 1.81 bits per heavy atom. The van der Waals surface area contributed by atoms with Crippen LogP contribution in [0, 0.1) is 12.7 Å². The maximum Gasteiger partial charge on any atom is 0.323 e. The molecule has 4 nitrogen and oxygen atoms in total. The van der Waals surface area contributed by atoms with Crippen LogP contribution in [0.5, 0.6) is 0 Å². The number of aryl methyl sites for hydroxylation is 1. The highest BCUT2D eigenvalue weighted by atomic mass is 79.9. The molecular weight excluding hydrogens is 339 g/mol. The molecule has 0 radical (unpaired) electrons. The molecule has 1 heterocycles. The van der Waals surface area contributed by atoms with E-state index in [1.54, 1.807) is 31.2 Å². The predicted octanol–water partition coefficient (Wildman–Crippen LogP) is 3.15. The van der Waals surface area contributed by atoms with Crippen LogP contribution < -0.4 is 5.69 Å². The van der Waals surface area contributed by atoms with Crippen molar-refractivity contribution in [3.8, 4) is 0 Å². The van der Waals surface area contributed by atoms with Crippen molar-refractivity contribution < 1.29 is 9.50 Å². The molecule has 0 amide bonds. The van der Waals surface area contributed by atoms with Gasteiger partial charge in [-0.3, -0.25) is 0 Å². The molecule has 3 aromatic rings. The first kappa shape index (κ1) is 14.0. The Bertz CT molecular complexity index is 885. The second kappa shape index (κ2) is 5.13. The summed E-state index contributed by atoms with van der Waals surface area (Å²) in [7, 11) is 0. The van der Waals surface area contributed by atoms with Crippen molar-refractivity contribution in [1.82, 2.24) is 9.97 Å². The molecule has 3 N–H and O–H groups in total. The van der Waals surface area contributed by atoms with Crippen molar-refractivity contribution in [3.05, 3.63) is 67.8 Å². The monoisotopic (exact) mass is 350 g/mol. The molecule has 0 saturated heterocycles. The SMILES string of the molecule is Cc1ccc(C(O)c2cc3[nH]c(=O)[nH]c3cc2Br)c(F)c1. The van der Waals surface area contributed by atoms with Gasteiger partial charge in [0.15, 0.2) is 0 Å². The van der Waals surface area contributed by atoms with E-state index in [2.05, 4.69) is 25.9 Å². The minimum absolute atomic E-state index is 0.193. The molecule has 0 fully saturated rings. The van der Waals surface area contributed by atoms with E-state index in [0.717, 1.165) is 5.56 Å². The van der Waals surface area contributed by atoms with Gasteiger partial charge in [-0.2, -0.15) is 0 Å². The lowest BCUT2D eigenvalue weighted by molar-refractivity contribution is 0.214. The Labute approximate surface area is 127 Å². The van der Waals surface area contributed by atoms with Gasteiger partial charge in [0.05, 0.1) is 11.0 Å². The summed E-state index contributed by atoms with van der Waals surface area (Å²) in [5, 5.41) is 10.4. The predicted molar refractivity (Wildman–Crippen MR) is 81.8 cm³/mol. The van der Waals surface area contributed by atoms with Gasteiger partial charge in [-0.1, -0.05) is 28.1 Å². The fourth-order valence-electron chi connectivity index (χ4n) is 2.30. The fraction of sp³-hybridized carbons (Fsp3) is 0.133. The summed E-state index contributed by atoms with van der Waals surface area (Å²) in [5.41, 5.74) is 2.31. The molecule has 0 bridgehead atoms. The number of hydrogen-bond donors (Lipinski definition) is 3. The number of halogens is 2. The number of fused-ring (bicyclic) bond motifs is 1. The standard InChI is InChI=1S/C15H12BrFN2O2/c1-7-2-3-8(11(17)4-7)14(20)9-5-12-13(6-10(9)16)19-15(21)18-12/h2-6,14,20H,1H3,(H2,18,19,21). The van der Waals surface area contributed by atoms with Crippen LogP contribution in [-0.2, 0) is 0 Å². The number of H-pyrrole nitrogens is 2. The van der Waals surface area contributed by atoms with Crippen LogP contribution in [0.1, 0.15) is 22.8 Å². The van der Waals surface area contributed by atoms with Crippen molar-refractivity contribution in [1.29, 1.82) is 0 Å². The van der Waals surface area contributed by atoms with Gasteiger partial charge in [0, 0.05) is 15.6 Å². The summed E-state index contributed by atoms with van der Waals surface area (Å²) in [6.07, 6.45) is -1.12. The molecule has 0 aliphatic rings. The van der Waals surface area contributed by atoms with Crippen molar-refractivity contribution in [2.24, 2.45) is 0 Å². The van der Waals surface area contributed by atoms with Crippen LogP contribution in [0.15, 0.2) is 39.6 Å². The first-order valence-corrected chi connectivity index (χ1v) is 7.10. The number of aliphatic hydroxyl groups is 1. The van der Waals surface area contributed by atoms with Crippen molar-refractivity contribution in [3.63, 3.8) is 0 Å². The number of aromatic nitrogens is 2. The number of rotatable bonds is 2. The summed E-state index contributed by atoms with van der Waals surface area (Å²) in [6.45, 7) is 1.78. The van der Waals surface area contributed by atoms with Gasteiger partial charge >= 0.3 is 5.69 Å². The van der Waals surface area contributed by atoms with Gasteiger partial charge in [0.2, 0.25) is 0 Å². The number of hydrogen-bond acceptors (Lipinski definition) is 2. The first-order chi connectivity index (χ1) is 9.95. The normalized spacial score (nSPS) is 12.8. The second-order valence-electron chi connectivity index (χ2n) is 4.93. The highest BCUT2D eigenvalue weighted by molar-refractivity contribution is 9.10. The molecule has 3 rings (SSSR count). The van der Waals surface area contributed by atoms with Crippen LogP contribution in [-0.4, -0.2) is 15.1 Å². The molecular formula is C15H12BrFN2O2. The van der Waals surface area contributed by atoms with Crippen LogP contribution in [0.3, 0.4) is 0 Å². The second-order valence-corrected chi connectivity index (χ2v) is 5.78. The topological polar surface area (TPSA) is 68.9 Å². The molecule has 1 atom stereocenters. The summed E-state index contributed by atoms with van der Waals surface area (Å²) in [4.78, 5) is 16.5. The third kappa shape index (κ3) is 2.52. The first-order valence-electron chi connectivity index (χ1n) is 6.31. The van der Waals surface area contributed by atoms with E-state index < -0.39 is 11.9 Å². The van der Waals surface area contributed by atoms with Crippen LogP contribution in [0.25, 0.3) is 11.0 Å². The number of aromatic amines is 2. The third-order valence-corrected chi connectivity index (χ3v) is 4.07. The van der Waals surface area contributed by atoms with Crippen LogP contribution in [0.2, 0.25) is 0 Å². The van der Waals surface area contributed by atoms with Gasteiger partial charge in [-0.15, -0.1) is 0 Å². The maximum absolute atomic E-state index is 14.0. The van der Waals surface area contributed by atoms with Crippen molar-refractivity contribution in [2.45, 2.75) is 13.0 Å². The summed E-state index contributed by atoms with van der Waals surface area (Å²) < 4.78 is 14.6. The van der Waals surface area contributed by atoms with E-state index in [1.165, 1.54) is 6.07 Å². The molecule has 0 aliphatic carbocycles. The minimum Gasteiger partial charge on any atom is -0.384 e. The molecule has 6 heteroatoms. The lowest BCUT2D eigenvalue weighted by atomic mass is 9.99. The molecule has 2 aromatic carbocycles. The molecule has 0 aliphatic heterocycles. The van der Waals surface area contributed by atoms with Crippen molar-refractivity contribution >= 4 is 27.0 Å². The zero-order valence-electron chi connectivity index (χ0n) is 11.1. The lowest BCUT2D eigenvalue weighted by Crippen LogP contribution is -2.04. The van der Waals surface area contributed by atoms with Gasteiger partial charge in [-0.05, 0) is 30.7 Å². The summed E-state index contributed by atoms with van der Waals surface area (Å²) in [6, 6.07) is 7.99. The third-order valence-electron chi connectivity index (χ3n) is 3.38. The Morgan fingerprint density at radius 3 is 2.48 bits per heavy atom. The van der Waals surface area contributed by atoms with E-state index in [4.69, 9.17) is 0 Å². The van der Waals surface area contributed by atoms with Gasteiger partial charge in [0.25, 0.3) is 0 Å². The summed E-state index contributed by atoms with van der Waals surface area (Å²) >= 11 is 3.35. The van der Waals surface area contributed by atoms with E-state index in [0.29, 0.717) is 21.1 Å². The molecule has 1 unspecified atom stereocenters. The molecule has 0 spiro atoms. The zero-order valence-corrected chi connectivity index (χ0v) is 12.7. The quantitative estimate of drug-likeness (QED) is 0.664. The van der Waals surface area contributed by atoms with Crippen molar-refractivity contribution in [2.75, 3.05) is 0 Å². The van der Waals surface area contributed by atoms with E-state index >= 15 is 0 Å². The number of nitrogens with one attached hydrogen (secondary N) is 2. The Balaban J connectivity index is 2.14. The number of aliphatic hydroxyl groups excluding tert-OH is 1. The molecule has 21 heavy (non-hydrogen) atoms.